The molecule has 1 amide bonds. The Kier molecular flexibility index (Phi) is 5.14. The van der Waals surface area contributed by atoms with Gasteiger partial charge in [-0.1, -0.05) is 30.3 Å². The molecule has 1 aromatic heterocycles. The second kappa shape index (κ2) is 8.08. The van der Waals surface area contributed by atoms with Crippen molar-refractivity contribution in [3.63, 3.8) is 0 Å². The Bertz CT molecular complexity index is 1080. The summed E-state index contributed by atoms with van der Waals surface area (Å²) in [5, 5.41) is 0. The number of hydrogen-bond acceptors (Lipinski definition) is 4. The molecule has 156 valence electrons. The average Bonchev–Trinajstić information content (AvgIpc) is 3.39. The van der Waals surface area contributed by atoms with Gasteiger partial charge in [-0.05, 0) is 54.9 Å². The molecule has 3 aromatic rings. The van der Waals surface area contributed by atoms with Gasteiger partial charge < -0.3 is 14.9 Å². The van der Waals surface area contributed by atoms with Crippen LogP contribution in [0.2, 0.25) is 0 Å². The van der Waals surface area contributed by atoms with Crippen LogP contribution in [0.5, 0.6) is 0 Å². The number of fused-ring (bicyclic) bond motifs is 1. The van der Waals surface area contributed by atoms with Crippen molar-refractivity contribution in [1.82, 2.24) is 25.7 Å². The Balaban J connectivity index is 1.22. The molecule has 2 atom stereocenters. The van der Waals surface area contributed by atoms with Crippen molar-refractivity contribution in [2.45, 2.75) is 25.3 Å². The first-order valence-electron chi connectivity index (χ1n) is 10.7. The van der Waals surface area contributed by atoms with Gasteiger partial charge in [-0.2, -0.15) is 0 Å². The van der Waals surface area contributed by atoms with Gasteiger partial charge in [0.1, 0.15) is 0 Å². The molecule has 30 heavy (non-hydrogen) atoms. The SMILES string of the molecule is O=C(c1ccc2[nH]c(=O)[nH]c2c1)N1CCC(C2NNCC2Cc2ccccc2)CC1. The molecule has 3 heterocycles. The molecule has 2 aliphatic rings. The van der Waals surface area contributed by atoms with Gasteiger partial charge >= 0.3 is 5.69 Å². The van der Waals surface area contributed by atoms with Crippen LogP contribution in [0.15, 0.2) is 53.3 Å². The number of amides is 1. The second-order valence-electron chi connectivity index (χ2n) is 8.47. The minimum atomic E-state index is -0.252. The molecule has 2 unspecified atom stereocenters. The van der Waals surface area contributed by atoms with Gasteiger partial charge in [-0.3, -0.25) is 15.6 Å². The predicted molar refractivity (Wildman–Crippen MR) is 116 cm³/mol. The summed E-state index contributed by atoms with van der Waals surface area (Å²) in [5.74, 6) is 1.16. The number of rotatable bonds is 4. The number of carbonyl (C=O) groups excluding carboxylic acids is 1. The number of hydrogen-bond donors (Lipinski definition) is 4. The van der Waals surface area contributed by atoms with E-state index >= 15 is 0 Å². The van der Waals surface area contributed by atoms with E-state index < -0.39 is 0 Å². The number of piperidine rings is 1. The normalized spacial score (nSPS) is 22.6. The lowest BCUT2D eigenvalue weighted by Crippen LogP contribution is -2.46. The lowest BCUT2D eigenvalue weighted by molar-refractivity contribution is 0.0663. The number of aromatic nitrogens is 2. The molecular formula is C23H27N5O2. The van der Waals surface area contributed by atoms with E-state index in [4.69, 9.17) is 0 Å². The molecule has 2 saturated heterocycles. The Labute approximate surface area is 174 Å². The first-order chi connectivity index (χ1) is 14.7. The highest BCUT2D eigenvalue weighted by Gasteiger charge is 2.36. The van der Waals surface area contributed by atoms with Gasteiger partial charge in [0.25, 0.3) is 5.91 Å². The number of likely N-dealkylation sites (tertiary alicyclic amines) is 1. The average molecular weight is 406 g/mol. The monoisotopic (exact) mass is 405 g/mol. The van der Waals surface area contributed by atoms with Gasteiger partial charge in [-0.15, -0.1) is 0 Å². The highest BCUT2D eigenvalue weighted by atomic mass is 16.2. The van der Waals surface area contributed by atoms with Crippen LogP contribution in [0.25, 0.3) is 11.0 Å². The third-order valence-electron chi connectivity index (χ3n) is 6.58. The number of aromatic amines is 2. The minimum Gasteiger partial charge on any atom is -0.339 e. The number of H-pyrrole nitrogens is 2. The smallest absolute Gasteiger partial charge is 0.323 e. The molecule has 0 aliphatic carbocycles. The fourth-order valence-corrected chi connectivity index (χ4v) is 4.98. The molecule has 0 radical (unpaired) electrons. The lowest BCUT2D eigenvalue weighted by atomic mass is 9.81. The molecule has 4 N–H and O–H groups in total. The largest absolute Gasteiger partial charge is 0.339 e. The molecule has 2 fully saturated rings. The Morgan fingerprint density at radius 2 is 1.77 bits per heavy atom. The van der Waals surface area contributed by atoms with Gasteiger partial charge in [0, 0.05) is 31.2 Å². The minimum absolute atomic E-state index is 0.0377. The van der Waals surface area contributed by atoms with Crippen LogP contribution in [0.3, 0.4) is 0 Å². The first kappa shape index (κ1) is 19.1. The second-order valence-corrected chi connectivity index (χ2v) is 8.47. The first-order valence-corrected chi connectivity index (χ1v) is 10.7. The highest BCUT2D eigenvalue weighted by molar-refractivity contribution is 5.97. The van der Waals surface area contributed by atoms with Crippen molar-refractivity contribution in [3.05, 3.63) is 70.1 Å². The zero-order valence-electron chi connectivity index (χ0n) is 16.9. The van der Waals surface area contributed by atoms with E-state index in [1.54, 1.807) is 18.2 Å². The van der Waals surface area contributed by atoms with Crippen molar-refractivity contribution in [2.75, 3.05) is 19.6 Å². The number of hydrazine groups is 1. The molecule has 0 saturated carbocycles. The Hall–Kier alpha value is -2.90. The maximum atomic E-state index is 13.0. The molecule has 0 spiro atoms. The van der Waals surface area contributed by atoms with Crippen molar-refractivity contribution < 1.29 is 4.79 Å². The van der Waals surface area contributed by atoms with E-state index in [9.17, 15) is 9.59 Å². The zero-order valence-corrected chi connectivity index (χ0v) is 16.9. The summed E-state index contributed by atoms with van der Waals surface area (Å²) in [7, 11) is 0. The molecular weight excluding hydrogens is 378 g/mol. The summed E-state index contributed by atoms with van der Waals surface area (Å²) >= 11 is 0. The number of nitrogens with zero attached hydrogens (tertiary/aromatic N) is 1. The predicted octanol–water partition coefficient (Wildman–Crippen LogP) is 2.04. The van der Waals surface area contributed by atoms with E-state index in [1.807, 2.05) is 4.90 Å². The van der Waals surface area contributed by atoms with Crippen molar-refractivity contribution in [3.8, 4) is 0 Å². The van der Waals surface area contributed by atoms with Crippen LogP contribution in [0, 0.1) is 11.8 Å². The van der Waals surface area contributed by atoms with Crippen LogP contribution >= 0.6 is 0 Å². The van der Waals surface area contributed by atoms with Gasteiger partial charge in [0.05, 0.1) is 11.0 Å². The highest BCUT2D eigenvalue weighted by Crippen LogP contribution is 2.29. The van der Waals surface area contributed by atoms with Crippen molar-refractivity contribution in [1.29, 1.82) is 0 Å². The molecule has 7 nitrogen and oxygen atoms in total. The lowest BCUT2D eigenvalue weighted by Gasteiger charge is -2.36. The van der Waals surface area contributed by atoms with Gasteiger partial charge in [0.2, 0.25) is 0 Å². The fourth-order valence-electron chi connectivity index (χ4n) is 4.98. The molecule has 2 aromatic carbocycles. The zero-order chi connectivity index (χ0) is 20.5. The number of carbonyl (C=O) groups is 1. The standard InChI is InChI=1S/C23H27N5O2/c29-22(17-6-7-19-20(13-17)26-23(30)25-19)28-10-8-16(9-11-28)21-18(14-24-27-21)12-15-4-2-1-3-5-15/h1-7,13,16,18,21,24,27H,8-12,14H2,(H2,25,26,30). The van der Waals surface area contributed by atoms with Crippen LogP contribution in [-0.2, 0) is 6.42 Å². The Morgan fingerprint density at radius 1 is 1.00 bits per heavy atom. The summed E-state index contributed by atoms with van der Waals surface area (Å²) in [5.41, 5.74) is 10.0. The van der Waals surface area contributed by atoms with Gasteiger partial charge in [-0.25, -0.2) is 4.79 Å². The van der Waals surface area contributed by atoms with E-state index in [2.05, 4.69) is 51.2 Å². The summed E-state index contributed by atoms with van der Waals surface area (Å²) in [6.45, 7) is 2.51. The van der Waals surface area contributed by atoms with Crippen LogP contribution in [0.1, 0.15) is 28.8 Å². The van der Waals surface area contributed by atoms with E-state index in [0.29, 0.717) is 29.0 Å². The topological polar surface area (TPSA) is 93.0 Å². The fraction of sp³-hybridized carbons (Fsp3) is 0.391. The summed E-state index contributed by atoms with van der Waals surface area (Å²) in [4.78, 5) is 31.8. The van der Waals surface area contributed by atoms with E-state index in [1.165, 1.54) is 5.56 Å². The summed E-state index contributed by atoms with van der Waals surface area (Å²) in [6, 6.07) is 16.4. The third-order valence-corrected chi connectivity index (χ3v) is 6.58. The summed E-state index contributed by atoms with van der Waals surface area (Å²) < 4.78 is 0. The van der Waals surface area contributed by atoms with E-state index in [0.717, 1.165) is 44.4 Å². The molecule has 7 heteroatoms. The van der Waals surface area contributed by atoms with Crippen LogP contribution in [0.4, 0.5) is 0 Å². The number of nitrogens with one attached hydrogen (secondary N) is 4. The number of benzene rings is 2. The van der Waals surface area contributed by atoms with Crippen molar-refractivity contribution >= 4 is 16.9 Å². The number of imidazole rings is 1. The van der Waals surface area contributed by atoms with Gasteiger partial charge in [0.15, 0.2) is 0 Å². The van der Waals surface area contributed by atoms with Crippen LogP contribution in [-0.4, -0.2) is 46.5 Å². The Morgan fingerprint density at radius 3 is 2.57 bits per heavy atom. The quantitative estimate of drug-likeness (QED) is 0.535. The molecule has 2 aliphatic heterocycles. The maximum absolute atomic E-state index is 13.0. The van der Waals surface area contributed by atoms with Crippen LogP contribution < -0.4 is 16.5 Å². The van der Waals surface area contributed by atoms with Crippen molar-refractivity contribution in [2.24, 2.45) is 11.8 Å². The molecule has 5 rings (SSSR count). The summed E-state index contributed by atoms with van der Waals surface area (Å²) in [6.07, 6.45) is 3.07. The van der Waals surface area contributed by atoms with E-state index in [-0.39, 0.29) is 11.6 Å². The molecule has 0 bridgehead atoms. The maximum Gasteiger partial charge on any atom is 0.323 e. The third kappa shape index (κ3) is 3.78.